The first-order chi connectivity index (χ1) is 16.6. The number of benzene rings is 3. The van der Waals surface area contributed by atoms with E-state index < -0.39 is 0 Å². The van der Waals surface area contributed by atoms with Gasteiger partial charge in [-0.1, -0.05) is 36.4 Å². The Balaban J connectivity index is 1.40. The molecule has 0 spiro atoms. The minimum absolute atomic E-state index is 0.151. The average Bonchev–Trinajstić information content (AvgIpc) is 3.21. The molecule has 4 aromatic rings. The highest BCUT2D eigenvalue weighted by Gasteiger charge is 2.13. The van der Waals surface area contributed by atoms with Crippen molar-refractivity contribution in [3.05, 3.63) is 89.2 Å². The number of nitrogens with one attached hydrogen (secondary N) is 1. The Morgan fingerprint density at radius 2 is 1.79 bits per heavy atom. The maximum absolute atomic E-state index is 12.6. The molecule has 0 saturated heterocycles. The van der Waals surface area contributed by atoms with Crippen LogP contribution < -0.4 is 14.8 Å². The number of imidazole rings is 1. The fourth-order valence-electron chi connectivity index (χ4n) is 4.05. The van der Waals surface area contributed by atoms with Gasteiger partial charge < -0.3 is 19.4 Å². The Labute approximate surface area is 200 Å². The topological polar surface area (TPSA) is 65.4 Å². The molecule has 0 radical (unpaired) electrons. The molecule has 34 heavy (non-hydrogen) atoms. The van der Waals surface area contributed by atoms with Crippen LogP contribution in [0.1, 0.15) is 33.7 Å². The van der Waals surface area contributed by atoms with Gasteiger partial charge in [-0.05, 0) is 61.7 Å². The number of aromatic nitrogens is 2. The number of hydrogen-bond donors (Lipinski definition) is 1. The highest BCUT2D eigenvalue weighted by molar-refractivity contribution is 5.96. The van der Waals surface area contributed by atoms with Gasteiger partial charge in [-0.25, -0.2) is 4.98 Å². The van der Waals surface area contributed by atoms with E-state index in [1.165, 1.54) is 5.56 Å². The molecular formula is C28H31N3O3. The molecule has 0 fully saturated rings. The third-order valence-corrected chi connectivity index (χ3v) is 5.85. The molecule has 1 aromatic heterocycles. The second-order valence-corrected chi connectivity index (χ2v) is 8.35. The zero-order valence-electron chi connectivity index (χ0n) is 20.0. The second-order valence-electron chi connectivity index (χ2n) is 8.35. The van der Waals surface area contributed by atoms with Gasteiger partial charge in [0, 0.05) is 19.5 Å². The number of rotatable bonds is 10. The molecule has 0 saturated carbocycles. The van der Waals surface area contributed by atoms with Crippen molar-refractivity contribution in [2.75, 3.05) is 20.3 Å². The SMILES string of the molecule is COc1ccccc1C(=O)NCCc1nc2ccccc2n1CCCOc1cc(C)ccc1C. The van der Waals surface area contributed by atoms with Crippen molar-refractivity contribution in [2.45, 2.75) is 33.2 Å². The molecule has 0 aliphatic carbocycles. The molecule has 4 rings (SSSR count). The summed E-state index contributed by atoms with van der Waals surface area (Å²) in [6.07, 6.45) is 1.49. The minimum atomic E-state index is -0.151. The molecular weight excluding hydrogens is 426 g/mol. The Hall–Kier alpha value is -3.80. The molecule has 6 heteroatoms. The summed E-state index contributed by atoms with van der Waals surface area (Å²) in [5, 5.41) is 3.00. The fourth-order valence-corrected chi connectivity index (χ4v) is 4.05. The number of fused-ring (bicyclic) bond motifs is 1. The van der Waals surface area contributed by atoms with E-state index in [-0.39, 0.29) is 5.91 Å². The van der Waals surface area contributed by atoms with Crippen LogP contribution in [0.2, 0.25) is 0 Å². The van der Waals surface area contributed by atoms with Crippen LogP contribution in [0.5, 0.6) is 11.5 Å². The minimum Gasteiger partial charge on any atom is -0.496 e. The third kappa shape index (κ3) is 5.39. The first-order valence-corrected chi connectivity index (χ1v) is 11.6. The van der Waals surface area contributed by atoms with Gasteiger partial charge in [-0.2, -0.15) is 0 Å². The number of aryl methyl sites for hydroxylation is 3. The number of nitrogens with zero attached hydrogens (tertiary/aromatic N) is 2. The molecule has 1 heterocycles. The largest absolute Gasteiger partial charge is 0.496 e. The van der Waals surface area contributed by atoms with Gasteiger partial charge in [-0.3, -0.25) is 4.79 Å². The molecule has 0 atom stereocenters. The number of hydrogen-bond acceptors (Lipinski definition) is 4. The quantitative estimate of drug-likeness (QED) is 0.336. The molecule has 0 aliphatic rings. The summed E-state index contributed by atoms with van der Waals surface area (Å²) in [4.78, 5) is 17.5. The normalized spacial score (nSPS) is 10.9. The summed E-state index contributed by atoms with van der Waals surface area (Å²) in [5.74, 6) is 2.31. The Kier molecular flexibility index (Phi) is 7.48. The number of carbonyl (C=O) groups excluding carboxylic acids is 1. The Bertz CT molecular complexity index is 1280. The highest BCUT2D eigenvalue weighted by atomic mass is 16.5. The lowest BCUT2D eigenvalue weighted by Gasteiger charge is -2.13. The lowest BCUT2D eigenvalue weighted by Crippen LogP contribution is -2.27. The Morgan fingerprint density at radius 3 is 2.65 bits per heavy atom. The third-order valence-electron chi connectivity index (χ3n) is 5.85. The van der Waals surface area contributed by atoms with Gasteiger partial charge in [0.2, 0.25) is 0 Å². The van der Waals surface area contributed by atoms with E-state index in [1.54, 1.807) is 19.2 Å². The first-order valence-electron chi connectivity index (χ1n) is 11.6. The van der Waals surface area contributed by atoms with Gasteiger partial charge in [0.15, 0.2) is 0 Å². The zero-order chi connectivity index (χ0) is 23.9. The molecule has 3 aromatic carbocycles. The number of amides is 1. The predicted octanol–water partition coefficient (Wildman–Crippen LogP) is 5.10. The van der Waals surface area contributed by atoms with Crippen molar-refractivity contribution in [1.82, 2.24) is 14.9 Å². The molecule has 0 bridgehead atoms. The smallest absolute Gasteiger partial charge is 0.255 e. The summed E-state index contributed by atoms with van der Waals surface area (Å²) in [6, 6.07) is 21.6. The maximum atomic E-state index is 12.6. The second kappa shape index (κ2) is 10.9. The van der Waals surface area contributed by atoms with Crippen molar-refractivity contribution in [3.63, 3.8) is 0 Å². The van der Waals surface area contributed by atoms with Crippen molar-refractivity contribution in [1.29, 1.82) is 0 Å². The average molecular weight is 458 g/mol. The molecule has 176 valence electrons. The van der Waals surface area contributed by atoms with E-state index in [1.807, 2.05) is 30.3 Å². The maximum Gasteiger partial charge on any atom is 0.255 e. The van der Waals surface area contributed by atoms with Crippen LogP contribution in [0.4, 0.5) is 0 Å². The lowest BCUT2D eigenvalue weighted by molar-refractivity contribution is 0.0951. The van der Waals surface area contributed by atoms with Crippen molar-refractivity contribution >= 4 is 16.9 Å². The molecule has 1 N–H and O–H groups in total. The lowest BCUT2D eigenvalue weighted by atomic mass is 10.1. The summed E-state index contributed by atoms with van der Waals surface area (Å²) in [7, 11) is 1.57. The monoisotopic (exact) mass is 457 g/mol. The van der Waals surface area contributed by atoms with E-state index >= 15 is 0 Å². The number of methoxy groups -OCH3 is 1. The van der Waals surface area contributed by atoms with Crippen molar-refractivity contribution < 1.29 is 14.3 Å². The van der Waals surface area contributed by atoms with Crippen LogP contribution in [0, 0.1) is 13.8 Å². The van der Waals surface area contributed by atoms with Gasteiger partial charge in [0.05, 0.1) is 30.3 Å². The summed E-state index contributed by atoms with van der Waals surface area (Å²) in [5.41, 5.74) is 4.93. The van der Waals surface area contributed by atoms with E-state index in [2.05, 4.69) is 48.0 Å². The number of carbonyl (C=O) groups is 1. The first kappa shape index (κ1) is 23.4. The van der Waals surface area contributed by atoms with Gasteiger partial charge in [-0.15, -0.1) is 0 Å². The van der Waals surface area contributed by atoms with Crippen LogP contribution in [-0.4, -0.2) is 35.7 Å². The Morgan fingerprint density at radius 1 is 1.00 bits per heavy atom. The van der Waals surface area contributed by atoms with Gasteiger partial charge in [0.1, 0.15) is 17.3 Å². The number of para-hydroxylation sites is 3. The summed E-state index contributed by atoms with van der Waals surface area (Å²) in [6.45, 7) is 6.04. The van der Waals surface area contributed by atoms with E-state index in [0.717, 1.165) is 41.1 Å². The van der Waals surface area contributed by atoms with E-state index in [9.17, 15) is 4.79 Å². The highest BCUT2D eigenvalue weighted by Crippen LogP contribution is 2.21. The fraction of sp³-hybridized carbons (Fsp3) is 0.286. The number of ether oxygens (including phenoxy) is 2. The standard InChI is InChI=1S/C28H31N3O3/c1-20-13-14-21(2)26(19-20)34-18-8-17-31-24-11-6-5-10-23(24)30-27(31)15-16-29-28(32)22-9-4-7-12-25(22)33-3/h4-7,9-14,19H,8,15-18H2,1-3H3,(H,29,32). The van der Waals surface area contributed by atoms with Gasteiger partial charge >= 0.3 is 0 Å². The van der Waals surface area contributed by atoms with Gasteiger partial charge in [0.25, 0.3) is 5.91 Å². The summed E-state index contributed by atoms with van der Waals surface area (Å²) >= 11 is 0. The molecule has 0 unspecified atom stereocenters. The van der Waals surface area contributed by atoms with Crippen molar-refractivity contribution in [2.24, 2.45) is 0 Å². The van der Waals surface area contributed by atoms with E-state index in [0.29, 0.717) is 30.9 Å². The molecule has 0 aliphatic heterocycles. The predicted molar refractivity (Wildman–Crippen MR) is 135 cm³/mol. The summed E-state index contributed by atoms with van der Waals surface area (Å²) < 4.78 is 13.6. The zero-order valence-corrected chi connectivity index (χ0v) is 20.0. The molecule has 6 nitrogen and oxygen atoms in total. The van der Waals surface area contributed by atoms with Crippen LogP contribution in [0.3, 0.4) is 0 Å². The van der Waals surface area contributed by atoms with Crippen LogP contribution in [0.25, 0.3) is 11.0 Å². The van der Waals surface area contributed by atoms with Crippen LogP contribution in [0.15, 0.2) is 66.7 Å². The molecule has 1 amide bonds. The van der Waals surface area contributed by atoms with Crippen LogP contribution in [-0.2, 0) is 13.0 Å². The van der Waals surface area contributed by atoms with Crippen LogP contribution >= 0.6 is 0 Å². The van der Waals surface area contributed by atoms with Crippen molar-refractivity contribution in [3.8, 4) is 11.5 Å². The van der Waals surface area contributed by atoms with E-state index in [4.69, 9.17) is 14.5 Å².